The van der Waals surface area contributed by atoms with Crippen molar-refractivity contribution in [2.45, 2.75) is 78.5 Å². The third kappa shape index (κ3) is 6.65. The molecule has 3 rings (SSSR count). The van der Waals surface area contributed by atoms with Gasteiger partial charge in [0, 0.05) is 11.6 Å². The van der Waals surface area contributed by atoms with Crippen LogP contribution in [0.2, 0.25) is 0 Å². The highest BCUT2D eigenvalue weighted by atomic mass is 16.5. The molecule has 2 N–H and O–H groups in total. The van der Waals surface area contributed by atoms with E-state index >= 15 is 0 Å². The number of benzene rings is 2. The average Bonchev–Trinajstić information content (AvgIpc) is 2.99. The molecular weight excluding hydrogens is 386 g/mol. The summed E-state index contributed by atoms with van der Waals surface area (Å²) >= 11 is 0. The summed E-state index contributed by atoms with van der Waals surface area (Å²) in [5, 5.41) is 14.0. The molecule has 1 saturated carbocycles. The van der Waals surface area contributed by atoms with Gasteiger partial charge in [-0.15, -0.1) is 0 Å². The van der Waals surface area contributed by atoms with Gasteiger partial charge in [0.15, 0.2) is 0 Å². The number of hydrogen-bond acceptors (Lipinski definition) is 4. The summed E-state index contributed by atoms with van der Waals surface area (Å²) < 4.78 is 5.45. The van der Waals surface area contributed by atoms with Crippen LogP contribution >= 0.6 is 0 Å². The summed E-state index contributed by atoms with van der Waals surface area (Å²) in [6, 6.07) is 16.5. The van der Waals surface area contributed by atoms with Crippen molar-refractivity contribution in [3.05, 3.63) is 54.1 Å². The first-order chi connectivity index (χ1) is 14.4. The highest BCUT2D eigenvalue weighted by Crippen LogP contribution is 2.31. The number of carbonyl (C=O) groups is 1. The molecule has 0 saturated heterocycles. The van der Waals surface area contributed by atoms with Crippen LogP contribution in [0.15, 0.2) is 48.5 Å². The molecule has 0 bridgehead atoms. The highest BCUT2D eigenvalue weighted by molar-refractivity contribution is 5.78. The number of nitrogens with one attached hydrogen (secondary N) is 1. The molecule has 0 aliphatic heterocycles. The molecule has 4 heteroatoms. The zero-order valence-corrected chi connectivity index (χ0v) is 19.7. The Labute approximate surface area is 187 Å². The van der Waals surface area contributed by atoms with Gasteiger partial charge in [-0.3, -0.25) is 4.79 Å². The van der Waals surface area contributed by atoms with Crippen LogP contribution < -0.4 is 10.1 Å². The molecule has 0 amide bonds. The summed E-state index contributed by atoms with van der Waals surface area (Å²) in [4.78, 5) is 12.0. The Morgan fingerprint density at radius 1 is 0.935 bits per heavy atom. The second kappa shape index (κ2) is 9.13. The second-order valence-corrected chi connectivity index (χ2v) is 11.0. The quantitative estimate of drug-likeness (QED) is 0.501. The maximum atomic E-state index is 12.0. The topological polar surface area (TPSA) is 58.6 Å². The molecule has 0 unspecified atom stereocenters. The van der Waals surface area contributed by atoms with Crippen LogP contribution in [0, 0.1) is 11.3 Å². The van der Waals surface area contributed by atoms with Crippen molar-refractivity contribution in [1.29, 1.82) is 0 Å². The maximum absolute atomic E-state index is 12.0. The molecule has 168 valence electrons. The van der Waals surface area contributed by atoms with Gasteiger partial charge in [0.1, 0.15) is 5.75 Å². The lowest BCUT2D eigenvalue weighted by Crippen LogP contribution is -2.47. The molecule has 0 spiro atoms. The molecular formula is C27H37NO3. The van der Waals surface area contributed by atoms with Gasteiger partial charge in [-0.25, -0.2) is 0 Å². The smallest absolute Gasteiger partial charge is 0.316 e. The van der Waals surface area contributed by atoms with Crippen molar-refractivity contribution in [1.82, 2.24) is 5.32 Å². The fourth-order valence-electron chi connectivity index (χ4n) is 4.14. The van der Waals surface area contributed by atoms with Gasteiger partial charge in [-0.2, -0.15) is 0 Å². The van der Waals surface area contributed by atoms with E-state index in [1.165, 1.54) is 5.56 Å². The Balaban J connectivity index is 1.59. The van der Waals surface area contributed by atoms with Crippen molar-refractivity contribution in [3.63, 3.8) is 0 Å². The van der Waals surface area contributed by atoms with E-state index in [4.69, 9.17) is 4.74 Å². The number of hydrogen-bond donors (Lipinski definition) is 2. The van der Waals surface area contributed by atoms with E-state index in [1.54, 1.807) is 0 Å². The van der Waals surface area contributed by atoms with E-state index < -0.39 is 5.41 Å². The number of esters is 1. The minimum Gasteiger partial charge on any atom is -0.426 e. The summed E-state index contributed by atoms with van der Waals surface area (Å²) in [7, 11) is 0. The number of carbonyl (C=O) groups excluding carboxylic acids is 1. The monoisotopic (exact) mass is 423 g/mol. The number of ether oxygens (including phenoxy) is 1. The Bertz CT molecular complexity index is 873. The van der Waals surface area contributed by atoms with Crippen molar-refractivity contribution >= 4 is 5.97 Å². The van der Waals surface area contributed by atoms with E-state index in [-0.39, 0.29) is 23.7 Å². The first-order valence-electron chi connectivity index (χ1n) is 11.3. The lowest BCUT2D eigenvalue weighted by atomic mass is 9.95. The Morgan fingerprint density at radius 2 is 1.48 bits per heavy atom. The Morgan fingerprint density at radius 3 is 2.00 bits per heavy atom. The largest absolute Gasteiger partial charge is 0.426 e. The van der Waals surface area contributed by atoms with Gasteiger partial charge >= 0.3 is 5.97 Å². The lowest BCUT2D eigenvalue weighted by Gasteiger charge is -2.27. The highest BCUT2D eigenvalue weighted by Gasteiger charge is 2.34. The van der Waals surface area contributed by atoms with E-state index in [1.807, 2.05) is 45.0 Å². The summed E-state index contributed by atoms with van der Waals surface area (Å²) in [6.45, 7) is 12.0. The number of aliphatic hydroxyl groups is 1. The molecule has 0 heterocycles. The SMILES string of the molecule is CC(C)(C)N[C@H]1C[C@@H](Cc2ccc(-c3ccc(OC(=O)C(C)(C)C)cc3)cc2)C[C@@H]1O. The zero-order valence-electron chi connectivity index (χ0n) is 19.7. The molecule has 0 aromatic heterocycles. The minimum absolute atomic E-state index is 0.0167. The van der Waals surface area contributed by atoms with Crippen LogP contribution in [0.5, 0.6) is 5.75 Å². The molecule has 1 fully saturated rings. The van der Waals surface area contributed by atoms with Crippen LogP contribution in [0.25, 0.3) is 11.1 Å². The third-order valence-corrected chi connectivity index (χ3v) is 5.73. The van der Waals surface area contributed by atoms with Crippen LogP contribution in [0.3, 0.4) is 0 Å². The fourth-order valence-corrected chi connectivity index (χ4v) is 4.14. The van der Waals surface area contributed by atoms with Crippen molar-refractivity contribution < 1.29 is 14.6 Å². The first-order valence-corrected chi connectivity index (χ1v) is 11.3. The van der Waals surface area contributed by atoms with Gasteiger partial charge in [-0.05, 0) is 95.5 Å². The Hall–Kier alpha value is -2.17. The predicted octanol–water partition coefficient (Wildman–Crippen LogP) is 5.38. The first kappa shape index (κ1) is 23.5. The predicted molar refractivity (Wildman–Crippen MR) is 126 cm³/mol. The standard InChI is InChI=1S/C27H37NO3/c1-26(2,3)25(30)31-22-13-11-21(12-14-22)20-9-7-18(8-10-20)15-19-16-23(24(29)17-19)28-27(4,5)6/h7-14,19,23-24,28-29H,15-17H2,1-6H3/t19-,23+,24+/m1/s1. The normalized spacial score (nSPS) is 21.8. The van der Waals surface area contributed by atoms with E-state index in [0.717, 1.165) is 30.4 Å². The molecule has 0 radical (unpaired) electrons. The lowest BCUT2D eigenvalue weighted by molar-refractivity contribution is -0.142. The van der Waals surface area contributed by atoms with Gasteiger partial charge in [0.05, 0.1) is 11.5 Å². The molecule has 31 heavy (non-hydrogen) atoms. The molecule has 4 nitrogen and oxygen atoms in total. The fraction of sp³-hybridized carbons (Fsp3) is 0.519. The van der Waals surface area contributed by atoms with Gasteiger partial charge < -0.3 is 15.2 Å². The molecule has 1 aliphatic carbocycles. The van der Waals surface area contributed by atoms with Crippen molar-refractivity contribution in [3.8, 4) is 16.9 Å². The van der Waals surface area contributed by atoms with Crippen molar-refractivity contribution in [2.24, 2.45) is 11.3 Å². The van der Waals surface area contributed by atoms with Crippen molar-refractivity contribution in [2.75, 3.05) is 0 Å². The van der Waals surface area contributed by atoms with E-state index in [2.05, 4.69) is 50.4 Å². The van der Waals surface area contributed by atoms with Gasteiger partial charge in [0.25, 0.3) is 0 Å². The van der Waals surface area contributed by atoms with Crippen LogP contribution in [-0.4, -0.2) is 28.8 Å². The second-order valence-electron chi connectivity index (χ2n) is 11.0. The molecule has 1 aliphatic rings. The van der Waals surface area contributed by atoms with E-state index in [9.17, 15) is 9.90 Å². The summed E-state index contributed by atoms with van der Waals surface area (Å²) in [6.07, 6.45) is 2.58. The zero-order chi connectivity index (χ0) is 22.8. The van der Waals surface area contributed by atoms with Crippen LogP contribution in [-0.2, 0) is 11.2 Å². The van der Waals surface area contributed by atoms with Gasteiger partial charge in [0.2, 0.25) is 0 Å². The molecule has 2 aromatic carbocycles. The maximum Gasteiger partial charge on any atom is 0.316 e. The van der Waals surface area contributed by atoms with Gasteiger partial charge in [-0.1, -0.05) is 36.4 Å². The van der Waals surface area contributed by atoms with E-state index in [0.29, 0.717) is 11.7 Å². The number of aliphatic hydroxyl groups excluding tert-OH is 1. The number of rotatable bonds is 5. The third-order valence-electron chi connectivity index (χ3n) is 5.73. The molecule has 3 atom stereocenters. The summed E-state index contributed by atoms with van der Waals surface area (Å²) in [5.74, 6) is 0.831. The van der Waals surface area contributed by atoms with Crippen LogP contribution in [0.4, 0.5) is 0 Å². The minimum atomic E-state index is -0.521. The molecule has 2 aromatic rings. The Kier molecular flexibility index (Phi) is 6.92. The van der Waals surface area contributed by atoms with Crippen LogP contribution in [0.1, 0.15) is 59.9 Å². The average molecular weight is 424 g/mol. The summed E-state index contributed by atoms with van der Waals surface area (Å²) in [5.41, 5.74) is 3.02.